The number of hydrogen-bond acceptors (Lipinski definition) is 5. The van der Waals surface area contributed by atoms with Crippen molar-refractivity contribution >= 4 is 21.7 Å². The molecule has 0 aliphatic rings. The van der Waals surface area contributed by atoms with Gasteiger partial charge in [-0.05, 0) is 37.6 Å². The second-order valence-corrected chi connectivity index (χ2v) is 7.45. The summed E-state index contributed by atoms with van der Waals surface area (Å²) in [6.45, 7) is 3.41. The fourth-order valence-corrected chi connectivity index (χ4v) is 3.58. The minimum Gasteiger partial charge on any atom is -0.360 e. The lowest BCUT2D eigenvalue weighted by Crippen LogP contribution is -2.38. The number of nitrogens with zero attached hydrogens (tertiary/aromatic N) is 2. The van der Waals surface area contributed by atoms with Crippen LogP contribution in [0.25, 0.3) is 0 Å². The summed E-state index contributed by atoms with van der Waals surface area (Å²) in [6, 6.07) is 6.04. The normalized spacial score (nSPS) is 11.7. The number of hydrogen-bond donors (Lipinski definition) is 1. The van der Waals surface area contributed by atoms with Crippen molar-refractivity contribution in [3.8, 4) is 0 Å². The lowest BCUT2D eigenvalue weighted by atomic mass is 10.3. The fourth-order valence-electron chi connectivity index (χ4n) is 2.14. The Kier molecular flexibility index (Phi) is 6.27. The highest BCUT2D eigenvalue weighted by Gasteiger charge is 2.26. The number of anilines is 1. The Morgan fingerprint density at radius 3 is 2.56 bits per heavy atom. The Morgan fingerprint density at radius 1 is 1.32 bits per heavy atom. The van der Waals surface area contributed by atoms with Crippen LogP contribution in [0, 0.1) is 12.7 Å². The van der Waals surface area contributed by atoms with E-state index in [-0.39, 0.29) is 23.8 Å². The number of sulfonamides is 1. The molecule has 9 heteroatoms. The van der Waals surface area contributed by atoms with Gasteiger partial charge in [-0.2, -0.15) is 4.31 Å². The minimum absolute atomic E-state index is 0.0601. The van der Waals surface area contributed by atoms with E-state index in [9.17, 15) is 17.6 Å². The van der Waals surface area contributed by atoms with Gasteiger partial charge in [-0.3, -0.25) is 4.79 Å². The molecule has 1 N–H and O–H groups in total. The Balaban J connectivity index is 2.16. The summed E-state index contributed by atoms with van der Waals surface area (Å²) in [6.07, 6.45) is 1.36. The molecule has 0 unspecified atom stereocenters. The summed E-state index contributed by atoms with van der Waals surface area (Å²) >= 11 is 0. The monoisotopic (exact) mass is 369 g/mol. The zero-order valence-electron chi connectivity index (χ0n) is 14.0. The van der Waals surface area contributed by atoms with Crippen LogP contribution in [0.4, 0.5) is 10.2 Å². The van der Waals surface area contributed by atoms with Crippen molar-refractivity contribution in [2.24, 2.45) is 0 Å². The first-order valence-electron chi connectivity index (χ1n) is 7.82. The molecule has 0 saturated carbocycles. The highest BCUT2D eigenvalue weighted by Crippen LogP contribution is 2.17. The van der Waals surface area contributed by atoms with E-state index in [1.807, 2.05) is 6.92 Å². The lowest BCUT2D eigenvalue weighted by molar-refractivity contribution is -0.116. The van der Waals surface area contributed by atoms with Gasteiger partial charge in [-0.25, -0.2) is 12.8 Å². The molecule has 0 atom stereocenters. The predicted molar refractivity (Wildman–Crippen MR) is 89.9 cm³/mol. The largest absolute Gasteiger partial charge is 0.360 e. The van der Waals surface area contributed by atoms with Gasteiger partial charge in [0.1, 0.15) is 11.6 Å². The third-order valence-electron chi connectivity index (χ3n) is 3.43. The summed E-state index contributed by atoms with van der Waals surface area (Å²) in [7, 11) is -3.91. The number of halogens is 1. The van der Waals surface area contributed by atoms with Gasteiger partial charge < -0.3 is 9.84 Å². The smallest absolute Gasteiger partial charge is 0.243 e. The van der Waals surface area contributed by atoms with Crippen molar-refractivity contribution in [2.45, 2.75) is 31.6 Å². The molecule has 1 amide bonds. The zero-order valence-corrected chi connectivity index (χ0v) is 14.8. The first-order chi connectivity index (χ1) is 11.8. The molecule has 2 aromatic rings. The van der Waals surface area contributed by atoms with E-state index in [0.717, 1.165) is 22.9 Å². The molecule has 136 valence electrons. The van der Waals surface area contributed by atoms with Gasteiger partial charge >= 0.3 is 0 Å². The van der Waals surface area contributed by atoms with Crippen molar-refractivity contribution < 1.29 is 22.1 Å². The number of carbonyl (C=O) groups excluding carboxylic acids is 1. The molecule has 2 rings (SSSR count). The molecule has 0 spiro atoms. The molecule has 0 saturated heterocycles. The molecule has 1 aromatic heterocycles. The molecule has 0 fully saturated rings. The van der Waals surface area contributed by atoms with Crippen LogP contribution in [-0.2, 0) is 14.8 Å². The number of carbonyl (C=O) groups is 1. The van der Waals surface area contributed by atoms with E-state index in [0.29, 0.717) is 12.2 Å². The van der Waals surface area contributed by atoms with E-state index in [2.05, 4.69) is 10.5 Å². The first-order valence-corrected chi connectivity index (χ1v) is 9.26. The molecular formula is C16H20FN3O4S. The Bertz CT molecular complexity index is 818. The number of nitrogens with one attached hydrogen (secondary N) is 1. The van der Waals surface area contributed by atoms with Crippen LogP contribution in [0.1, 0.15) is 25.5 Å². The van der Waals surface area contributed by atoms with E-state index >= 15 is 0 Å². The highest BCUT2D eigenvalue weighted by molar-refractivity contribution is 7.89. The summed E-state index contributed by atoms with van der Waals surface area (Å²) < 4.78 is 44.4. The second kappa shape index (κ2) is 8.21. The second-order valence-electron chi connectivity index (χ2n) is 5.52. The standard InChI is InChI=1S/C16H20FN3O4S/c1-3-4-9-20(11-16(21)18-15-10-12(2)24-19-15)25(22,23)14-7-5-13(17)6-8-14/h5-8,10H,3-4,9,11H2,1-2H3,(H,18,19,21). The van der Waals surface area contributed by atoms with E-state index in [4.69, 9.17) is 4.52 Å². The van der Waals surface area contributed by atoms with Gasteiger partial charge in [0.15, 0.2) is 5.82 Å². The van der Waals surface area contributed by atoms with Crippen molar-refractivity contribution in [3.63, 3.8) is 0 Å². The number of unbranched alkanes of at least 4 members (excludes halogenated alkanes) is 1. The molecule has 0 bridgehead atoms. The van der Waals surface area contributed by atoms with Crippen LogP contribution in [0.15, 0.2) is 39.8 Å². The van der Waals surface area contributed by atoms with Crippen LogP contribution >= 0.6 is 0 Å². The highest BCUT2D eigenvalue weighted by atomic mass is 32.2. The van der Waals surface area contributed by atoms with Crippen LogP contribution in [0.3, 0.4) is 0 Å². The van der Waals surface area contributed by atoms with Crippen LogP contribution in [0.5, 0.6) is 0 Å². The zero-order chi connectivity index (χ0) is 18.4. The van der Waals surface area contributed by atoms with Crippen LogP contribution in [0.2, 0.25) is 0 Å². The molecule has 0 aliphatic heterocycles. The Labute approximate surface area is 145 Å². The third-order valence-corrected chi connectivity index (χ3v) is 5.29. The van der Waals surface area contributed by atoms with Crippen molar-refractivity contribution in [3.05, 3.63) is 41.9 Å². The first kappa shape index (κ1) is 19.1. The topological polar surface area (TPSA) is 92.5 Å². The average molecular weight is 369 g/mol. The van der Waals surface area contributed by atoms with Crippen LogP contribution < -0.4 is 5.32 Å². The van der Waals surface area contributed by atoms with Gasteiger partial charge in [-0.1, -0.05) is 18.5 Å². The maximum absolute atomic E-state index is 13.0. The Hall–Kier alpha value is -2.26. The van der Waals surface area contributed by atoms with Crippen LogP contribution in [-0.4, -0.2) is 36.9 Å². The quantitative estimate of drug-likeness (QED) is 0.772. The summed E-state index contributed by atoms with van der Waals surface area (Å²) in [5.41, 5.74) is 0. The molecule has 7 nitrogen and oxygen atoms in total. The van der Waals surface area contributed by atoms with E-state index in [1.165, 1.54) is 18.2 Å². The maximum Gasteiger partial charge on any atom is 0.243 e. The van der Waals surface area contributed by atoms with Crippen molar-refractivity contribution in [1.82, 2.24) is 9.46 Å². The van der Waals surface area contributed by atoms with Crippen molar-refractivity contribution in [2.75, 3.05) is 18.4 Å². The van der Waals surface area contributed by atoms with Crippen molar-refractivity contribution in [1.29, 1.82) is 0 Å². The number of benzene rings is 1. The average Bonchev–Trinajstić information content (AvgIpc) is 2.96. The number of aromatic nitrogens is 1. The van der Waals surface area contributed by atoms with Gasteiger partial charge in [0.05, 0.1) is 11.4 Å². The maximum atomic E-state index is 13.0. The van der Waals surface area contributed by atoms with Gasteiger partial charge in [0, 0.05) is 12.6 Å². The van der Waals surface area contributed by atoms with Gasteiger partial charge in [0.25, 0.3) is 0 Å². The predicted octanol–water partition coefficient (Wildman–Crippen LogP) is 2.55. The SMILES string of the molecule is CCCCN(CC(=O)Nc1cc(C)on1)S(=O)(=O)c1ccc(F)cc1. The van der Waals surface area contributed by atoms with E-state index < -0.39 is 21.7 Å². The lowest BCUT2D eigenvalue weighted by Gasteiger charge is -2.21. The molecule has 0 radical (unpaired) electrons. The van der Waals surface area contributed by atoms with E-state index in [1.54, 1.807) is 6.92 Å². The minimum atomic E-state index is -3.91. The number of amides is 1. The number of rotatable bonds is 8. The summed E-state index contributed by atoms with van der Waals surface area (Å²) in [5, 5.41) is 6.13. The molecule has 1 aromatic carbocycles. The molecule has 0 aliphatic carbocycles. The Morgan fingerprint density at radius 2 is 2.00 bits per heavy atom. The molecule has 1 heterocycles. The fraction of sp³-hybridized carbons (Fsp3) is 0.375. The third kappa shape index (κ3) is 5.10. The number of aryl methyl sites for hydroxylation is 1. The summed E-state index contributed by atoms with van der Waals surface area (Å²) in [4.78, 5) is 12.1. The van der Waals surface area contributed by atoms with Gasteiger partial charge in [-0.15, -0.1) is 0 Å². The van der Waals surface area contributed by atoms with Gasteiger partial charge in [0.2, 0.25) is 15.9 Å². The molecule has 25 heavy (non-hydrogen) atoms. The molecular weight excluding hydrogens is 349 g/mol. The summed E-state index contributed by atoms with van der Waals surface area (Å²) in [5.74, 6) is -0.317.